The molecule has 0 radical (unpaired) electrons. The van der Waals surface area contributed by atoms with E-state index in [2.05, 4.69) is 4.98 Å². The molecule has 0 saturated carbocycles. The number of methoxy groups -OCH3 is 1. The molecule has 0 aliphatic heterocycles. The third kappa shape index (κ3) is 3.00. The Morgan fingerprint density at radius 3 is 2.57 bits per heavy atom. The van der Waals surface area contributed by atoms with E-state index in [1.165, 1.54) is 0 Å². The van der Waals surface area contributed by atoms with Crippen molar-refractivity contribution in [3.63, 3.8) is 0 Å². The van der Waals surface area contributed by atoms with Gasteiger partial charge in [-0.1, -0.05) is 19.9 Å². The standard InChI is InChI=1S/C11H17NO2/c1-11(2,8-13)6-9-4-5-10(14-3)12-7-9/h4-5,7,13H,6,8H2,1-3H3. The molecule has 0 bridgehead atoms. The molecule has 78 valence electrons. The normalized spacial score (nSPS) is 11.4. The molecular formula is C11H17NO2. The second-order valence-corrected chi connectivity index (χ2v) is 4.21. The maximum Gasteiger partial charge on any atom is 0.212 e. The van der Waals surface area contributed by atoms with Gasteiger partial charge >= 0.3 is 0 Å². The summed E-state index contributed by atoms with van der Waals surface area (Å²) in [7, 11) is 1.60. The average molecular weight is 195 g/mol. The van der Waals surface area contributed by atoms with Crippen molar-refractivity contribution < 1.29 is 9.84 Å². The monoisotopic (exact) mass is 195 g/mol. The maximum absolute atomic E-state index is 9.11. The molecule has 1 aromatic heterocycles. The molecule has 1 heterocycles. The highest BCUT2D eigenvalue weighted by Gasteiger charge is 2.17. The Morgan fingerprint density at radius 1 is 1.43 bits per heavy atom. The van der Waals surface area contributed by atoms with Crippen molar-refractivity contribution in [3.8, 4) is 5.88 Å². The van der Waals surface area contributed by atoms with Crippen molar-refractivity contribution in [2.45, 2.75) is 20.3 Å². The number of aliphatic hydroxyl groups is 1. The summed E-state index contributed by atoms with van der Waals surface area (Å²) < 4.78 is 4.97. The molecule has 1 rings (SSSR count). The predicted molar refractivity (Wildman–Crippen MR) is 55.4 cm³/mol. The van der Waals surface area contributed by atoms with E-state index >= 15 is 0 Å². The third-order valence-electron chi connectivity index (χ3n) is 2.12. The highest BCUT2D eigenvalue weighted by atomic mass is 16.5. The van der Waals surface area contributed by atoms with E-state index in [1.807, 2.05) is 26.0 Å². The van der Waals surface area contributed by atoms with E-state index in [0.717, 1.165) is 12.0 Å². The zero-order valence-corrected chi connectivity index (χ0v) is 8.95. The Kier molecular flexibility index (Phi) is 3.47. The fourth-order valence-corrected chi connectivity index (χ4v) is 1.24. The zero-order chi connectivity index (χ0) is 10.6. The smallest absolute Gasteiger partial charge is 0.212 e. The summed E-state index contributed by atoms with van der Waals surface area (Å²) in [5.41, 5.74) is 1.03. The van der Waals surface area contributed by atoms with Gasteiger partial charge in [0, 0.05) is 18.9 Å². The van der Waals surface area contributed by atoms with E-state index in [0.29, 0.717) is 5.88 Å². The van der Waals surface area contributed by atoms with Gasteiger partial charge in [0.1, 0.15) is 0 Å². The van der Waals surface area contributed by atoms with Gasteiger partial charge in [-0.25, -0.2) is 4.98 Å². The van der Waals surface area contributed by atoms with Gasteiger partial charge in [-0.3, -0.25) is 0 Å². The second-order valence-electron chi connectivity index (χ2n) is 4.21. The fraction of sp³-hybridized carbons (Fsp3) is 0.545. The third-order valence-corrected chi connectivity index (χ3v) is 2.12. The van der Waals surface area contributed by atoms with Gasteiger partial charge in [-0.05, 0) is 17.4 Å². The molecule has 0 spiro atoms. The first-order valence-corrected chi connectivity index (χ1v) is 4.67. The van der Waals surface area contributed by atoms with Crippen molar-refractivity contribution in [2.75, 3.05) is 13.7 Å². The Morgan fingerprint density at radius 2 is 2.14 bits per heavy atom. The molecular weight excluding hydrogens is 178 g/mol. The Bertz CT molecular complexity index is 280. The number of hydrogen-bond acceptors (Lipinski definition) is 3. The van der Waals surface area contributed by atoms with Gasteiger partial charge in [0.15, 0.2) is 0 Å². The largest absolute Gasteiger partial charge is 0.481 e. The first-order chi connectivity index (χ1) is 6.57. The molecule has 0 aromatic carbocycles. The summed E-state index contributed by atoms with van der Waals surface area (Å²) in [5.74, 6) is 0.621. The number of ether oxygens (including phenoxy) is 1. The predicted octanol–water partition coefficient (Wildman–Crippen LogP) is 1.65. The second kappa shape index (κ2) is 4.42. The van der Waals surface area contributed by atoms with E-state index in [1.54, 1.807) is 13.3 Å². The van der Waals surface area contributed by atoms with Crippen LogP contribution in [0.5, 0.6) is 5.88 Å². The zero-order valence-electron chi connectivity index (χ0n) is 8.95. The molecule has 0 aliphatic rings. The van der Waals surface area contributed by atoms with Gasteiger partial charge in [-0.15, -0.1) is 0 Å². The van der Waals surface area contributed by atoms with Crippen LogP contribution in [-0.4, -0.2) is 23.8 Å². The molecule has 0 amide bonds. The fourth-order valence-electron chi connectivity index (χ4n) is 1.24. The van der Waals surface area contributed by atoms with E-state index in [9.17, 15) is 0 Å². The number of hydrogen-bond donors (Lipinski definition) is 1. The Hall–Kier alpha value is -1.09. The van der Waals surface area contributed by atoms with Crippen molar-refractivity contribution in [2.24, 2.45) is 5.41 Å². The van der Waals surface area contributed by atoms with Crippen molar-refractivity contribution >= 4 is 0 Å². The molecule has 0 aliphatic carbocycles. The lowest BCUT2D eigenvalue weighted by molar-refractivity contribution is 0.159. The lowest BCUT2D eigenvalue weighted by atomic mass is 9.87. The minimum absolute atomic E-state index is 0.0870. The number of rotatable bonds is 4. The van der Waals surface area contributed by atoms with Crippen LogP contribution in [0.15, 0.2) is 18.3 Å². The van der Waals surface area contributed by atoms with Crippen molar-refractivity contribution in [1.29, 1.82) is 0 Å². The SMILES string of the molecule is COc1ccc(CC(C)(C)CO)cn1. The Labute approximate surface area is 84.7 Å². The van der Waals surface area contributed by atoms with E-state index in [-0.39, 0.29) is 12.0 Å². The highest BCUT2D eigenvalue weighted by molar-refractivity contribution is 5.18. The summed E-state index contributed by atoms with van der Waals surface area (Å²) >= 11 is 0. The van der Waals surface area contributed by atoms with Crippen LogP contribution in [0.2, 0.25) is 0 Å². The highest BCUT2D eigenvalue weighted by Crippen LogP contribution is 2.21. The molecule has 1 N–H and O–H groups in total. The lowest BCUT2D eigenvalue weighted by Gasteiger charge is -2.21. The molecule has 3 nitrogen and oxygen atoms in total. The summed E-state index contributed by atoms with van der Waals surface area (Å²) in [6, 6.07) is 3.81. The van der Waals surface area contributed by atoms with Crippen molar-refractivity contribution in [1.82, 2.24) is 4.98 Å². The van der Waals surface area contributed by atoms with Gasteiger partial charge in [0.25, 0.3) is 0 Å². The lowest BCUT2D eigenvalue weighted by Crippen LogP contribution is -2.19. The average Bonchev–Trinajstić information content (AvgIpc) is 2.19. The van der Waals surface area contributed by atoms with E-state index in [4.69, 9.17) is 9.84 Å². The number of aliphatic hydroxyl groups excluding tert-OH is 1. The quantitative estimate of drug-likeness (QED) is 0.794. The van der Waals surface area contributed by atoms with Gasteiger partial charge in [0.05, 0.1) is 7.11 Å². The maximum atomic E-state index is 9.11. The van der Waals surface area contributed by atoms with Gasteiger partial charge in [-0.2, -0.15) is 0 Å². The summed E-state index contributed by atoms with van der Waals surface area (Å²) in [6.07, 6.45) is 2.61. The molecule has 14 heavy (non-hydrogen) atoms. The van der Waals surface area contributed by atoms with Gasteiger partial charge < -0.3 is 9.84 Å². The number of aromatic nitrogens is 1. The first-order valence-electron chi connectivity index (χ1n) is 4.67. The number of nitrogens with zero attached hydrogens (tertiary/aromatic N) is 1. The topological polar surface area (TPSA) is 42.4 Å². The minimum Gasteiger partial charge on any atom is -0.481 e. The molecule has 3 heteroatoms. The van der Waals surface area contributed by atoms with Crippen LogP contribution in [0.1, 0.15) is 19.4 Å². The molecule has 1 aromatic rings. The van der Waals surface area contributed by atoms with Crippen molar-refractivity contribution in [3.05, 3.63) is 23.9 Å². The molecule has 0 saturated heterocycles. The summed E-state index contributed by atoms with van der Waals surface area (Å²) in [5, 5.41) is 9.11. The summed E-state index contributed by atoms with van der Waals surface area (Å²) in [4.78, 5) is 4.11. The van der Waals surface area contributed by atoms with Crippen LogP contribution < -0.4 is 4.74 Å². The molecule has 0 unspecified atom stereocenters. The van der Waals surface area contributed by atoms with Crippen LogP contribution in [-0.2, 0) is 6.42 Å². The van der Waals surface area contributed by atoms with Crippen LogP contribution in [0, 0.1) is 5.41 Å². The minimum atomic E-state index is -0.0870. The van der Waals surface area contributed by atoms with Crippen LogP contribution in [0.3, 0.4) is 0 Å². The van der Waals surface area contributed by atoms with Crippen LogP contribution >= 0.6 is 0 Å². The molecule has 0 atom stereocenters. The number of pyridine rings is 1. The van der Waals surface area contributed by atoms with Crippen LogP contribution in [0.4, 0.5) is 0 Å². The first kappa shape index (κ1) is 11.0. The van der Waals surface area contributed by atoms with E-state index < -0.39 is 0 Å². The summed E-state index contributed by atoms with van der Waals surface area (Å²) in [6.45, 7) is 4.23. The molecule has 0 fully saturated rings. The Balaban J connectivity index is 2.69. The van der Waals surface area contributed by atoms with Crippen LogP contribution in [0.25, 0.3) is 0 Å². The van der Waals surface area contributed by atoms with Gasteiger partial charge in [0.2, 0.25) is 5.88 Å².